The molecule has 7 heteroatoms. The largest absolute Gasteiger partial charge is 0.421 e. The summed E-state index contributed by atoms with van der Waals surface area (Å²) >= 11 is 6.01. The van der Waals surface area contributed by atoms with Crippen molar-refractivity contribution < 1.29 is 17.9 Å². The van der Waals surface area contributed by atoms with Crippen LogP contribution in [0.4, 0.5) is 0 Å². The first-order chi connectivity index (χ1) is 11.3. The number of carbonyl (C=O) groups excluding carboxylic acids is 1. The van der Waals surface area contributed by atoms with E-state index in [0.717, 1.165) is 18.4 Å². The Bertz CT molecular complexity index is 891. The van der Waals surface area contributed by atoms with Crippen molar-refractivity contribution in [3.63, 3.8) is 0 Å². The molecule has 0 unspecified atom stereocenters. The van der Waals surface area contributed by atoms with E-state index in [0.29, 0.717) is 5.02 Å². The number of halogens is 1. The standard InChI is InChI=1S/C17H16ClNO4S/c1-11-5-8-15(18)16(9-11)23-17(20)12-3-2-4-14(10-12)24(21,22)19-13-6-7-13/h2-5,8-10,13,19H,6-7H2,1H3. The van der Waals surface area contributed by atoms with Crippen molar-refractivity contribution in [1.29, 1.82) is 0 Å². The molecule has 0 aliphatic heterocycles. The van der Waals surface area contributed by atoms with Gasteiger partial charge in [0.25, 0.3) is 0 Å². The average Bonchev–Trinajstić information content (AvgIpc) is 3.34. The molecule has 0 heterocycles. The van der Waals surface area contributed by atoms with Crippen molar-refractivity contribution in [3.05, 3.63) is 58.6 Å². The molecule has 1 aliphatic carbocycles. The van der Waals surface area contributed by atoms with Gasteiger partial charge < -0.3 is 4.74 Å². The van der Waals surface area contributed by atoms with E-state index in [4.69, 9.17) is 16.3 Å². The zero-order valence-corrected chi connectivity index (χ0v) is 14.5. The maximum atomic E-state index is 12.3. The van der Waals surface area contributed by atoms with Gasteiger partial charge in [0.1, 0.15) is 5.75 Å². The molecule has 1 saturated carbocycles. The molecule has 3 rings (SSSR count). The summed E-state index contributed by atoms with van der Waals surface area (Å²) in [7, 11) is -3.62. The first-order valence-electron chi connectivity index (χ1n) is 7.46. The highest BCUT2D eigenvalue weighted by molar-refractivity contribution is 7.89. The second-order valence-corrected chi connectivity index (χ2v) is 7.87. The molecule has 1 N–H and O–H groups in total. The van der Waals surface area contributed by atoms with Crippen LogP contribution in [0.25, 0.3) is 0 Å². The van der Waals surface area contributed by atoms with Crippen molar-refractivity contribution in [2.75, 3.05) is 0 Å². The minimum atomic E-state index is -3.62. The fourth-order valence-electron chi connectivity index (χ4n) is 2.13. The van der Waals surface area contributed by atoms with Gasteiger partial charge >= 0.3 is 5.97 Å². The van der Waals surface area contributed by atoms with Crippen LogP contribution in [0, 0.1) is 6.92 Å². The van der Waals surface area contributed by atoms with Crippen LogP contribution >= 0.6 is 11.6 Å². The monoisotopic (exact) mass is 365 g/mol. The number of hydrogen-bond donors (Lipinski definition) is 1. The molecule has 1 fully saturated rings. The molecule has 2 aromatic rings. The molecule has 0 bridgehead atoms. The lowest BCUT2D eigenvalue weighted by atomic mass is 10.2. The highest BCUT2D eigenvalue weighted by atomic mass is 35.5. The Morgan fingerprint density at radius 1 is 1.21 bits per heavy atom. The molecule has 5 nitrogen and oxygen atoms in total. The molecular formula is C17H16ClNO4S. The van der Waals surface area contributed by atoms with Gasteiger partial charge in [-0.3, -0.25) is 0 Å². The van der Waals surface area contributed by atoms with Gasteiger partial charge in [0.2, 0.25) is 10.0 Å². The van der Waals surface area contributed by atoms with Crippen LogP contribution in [0.15, 0.2) is 47.4 Å². The Labute approximate surface area is 145 Å². The number of carbonyl (C=O) groups is 1. The van der Waals surface area contributed by atoms with E-state index in [-0.39, 0.29) is 22.3 Å². The number of nitrogens with one attached hydrogen (secondary N) is 1. The van der Waals surface area contributed by atoms with E-state index in [1.807, 2.05) is 6.92 Å². The third kappa shape index (κ3) is 3.95. The van der Waals surface area contributed by atoms with Crippen LogP contribution < -0.4 is 9.46 Å². The van der Waals surface area contributed by atoms with Crippen LogP contribution in [-0.2, 0) is 10.0 Å². The van der Waals surface area contributed by atoms with E-state index in [1.165, 1.54) is 24.3 Å². The minimum absolute atomic E-state index is 0.00305. The third-order valence-electron chi connectivity index (χ3n) is 3.57. The summed E-state index contributed by atoms with van der Waals surface area (Å²) in [5, 5.41) is 0.313. The van der Waals surface area contributed by atoms with Gasteiger partial charge in [-0.2, -0.15) is 0 Å². The predicted octanol–water partition coefficient (Wildman–Crippen LogP) is 3.31. The molecule has 0 atom stereocenters. The third-order valence-corrected chi connectivity index (χ3v) is 5.40. The van der Waals surface area contributed by atoms with Crippen LogP contribution in [0.5, 0.6) is 5.75 Å². The van der Waals surface area contributed by atoms with Crippen LogP contribution in [0.2, 0.25) is 5.02 Å². The molecule has 0 amide bonds. The molecule has 0 radical (unpaired) electrons. The van der Waals surface area contributed by atoms with Gasteiger partial charge in [0.15, 0.2) is 0 Å². The number of esters is 1. The zero-order chi connectivity index (χ0) is 17.3. The maximum Gasteiger partial charge on any atom is 0.343 e. The molecule has 1 aliphatic rings. The zero-order valence-electron chi connectivity index (χ0n) is 13.0. The van der Waals surface area contributed by atoms with E-state index in [2.05, 4.69) is 4.72 Å². The summed E-state index contributed by atoms with van der Waals surface area (Å²) in [4.78, 5) is 12.3. The Kier molecular flexibility index (Phi) is 4.62. The fourth-order valence-corrected chi connectivity index (χ4v) is 3.63. The summed E-state index contributed by atoms with van der Waals surface area (Å²) in [5.74, 6) is -0.419. The van der Waals surface area contributed by atoms with E-state index >= 15 is 0 Å². The summed E-state index contributed by atoms with van der Waals surface area (Å²) in [6.45, 7) is 1.85. The Morgan fingerprint density at radius 3 is 2.67 bits per heavy atom. The second kappa shape index (κ2) is 6.55. The molecular weight excluding hydrogens is 350 g/mol. The smallest absolute Gasteiger partial charge is 0.343 e. The van der Waals surface area contributed by atoms with Gasteiger partial charge in [-0.05, 0) is 55.7 Å². The maximum absolute atomic E-state index is 12.3. The fraction of sp³-hybridized carbons (Fsp3) is 0.235. The predicted molar refractivity (Wildman–Crippen MR) is 90.9 cm³/mol. The first-order valence-corrected chi connectivity index (χ1v) is 9.32. The Balaban J connectivity index is 1.82. The molecule has 0 saturated heterocycles. The number of sulfonamides is 1. The highest BCUT2D eigenvalue weighted by Gasteiger charge is 2.28. The van der Waals surface area contributed by atoms with Crippen molar-refractivity contribution in [2.24, 2.45) is 0 Å². The molecule has 0 spiro atoms. The number of ether oxygens (including phenoxy) is 1. The summed E-state index contributed by atoms with van der Waals surface area (Å²) in [6.07, 6.45) is 1.68. The van der Waals surface area contributed by atoms with Gasteiger partial charge in [-0.15, -0.1) is 0 Å². The lowest BCUT2D eigenvalue weighted by Crippen LogP contribution is -2.26. The number of benzene rings is 2. The van der Waals surface area contributed by atoms with Crippen molar-refractivity contribution in [2.45, 2.75) is 30.7 Å². The second-order valence-electron chi connectivity index (χ2n) is 5.75. The summed E-state index contributed by atoms with van der Waals surface area (Å²) < 4.78 is 32.3. The van der Waals surface area contributed by atoms with E-state index in [9.17, 15) is 13.2 Å². The normalized spacial score (nSPS) is 14.4. The lowest BCUT2D eigenvalue weighted by Gasteiger charge is -2.09. The van der Waals surface area contributed by atoms with Crippen LogP contribution in [0.3, 0.4) is 0 Å². The Hall–Kier alpha value is -1.89. The topological polar surface area (TPSA) is 72.5 Å². The quantitative estimate of drug-likeness (QED) is 0.651. The summed E-state index contributed by atoms with van der Waals surface area (Å²) in [5.41, 5.74) is 1.04. The lowest BCUT2D eigenvalue weighted by molar-refractivity contribution is 0.0734. The molecule has 126 valence electrons. The SMILES string of the molecule is Cc1ccc(Cl)c(OC(=O)c2cccc(S(=O)(=O)NC3CC3)c2)c1. The van der Waals surface area contributed by atoms with E-state index in [1.54, 1.807) is 18.2 Å². The Morgan fingerprint density at radius 2 is 1.96 bits per heavy atom. The van der Waals surface area contributed by atoms with Gasteiger partial charge in [-0.25, -0.2) is 17.9 Å². The number of hydrogen-bond acceptors (Lipinski definition) is 4. The number of aryl methyl sites for hydroxylation is 1. The first kappa shape index (κ1) is 17.0. The van der Waals surface area contributed by atoms with Crippen LogP contribution in [-0.4, -0.2) is 20.4 Å². The highest BCUT2D eigenvalue weighted by Crippen LogP contribution is 2.27. The van der Waals surface area contributed by atoms with E-state index < -0.39 is 16.0 Å². The van der Waals surface area contributed by atoms with Crippen molar-refractivity contribution >= 4 is 27.6 Å². The molecule has 0 aromatic heterocycles. The average molecular weight is 366 g/mol. The van der Waals surface area contributed by atoms with Gasteiger partial charge in [0.05, 0.1) is 15.5 Å². The van der Waals surface area contributed by atoms with Crippen molar-refractivity contribution in [1.82, 2.24) is 4.72 Å². The van der Waals surface area contributed by atoms with Gasteiger partial charge in [-0.1, -0.05) is 23.7 Å². The number of rotatable bonds is 5. The molecule has 24 heavy (non-hydrogen) atoms. The molecule has 2 aromatic carbocycles. The van der Waals surface area contributed by atoms with Crippen LogP contribution in [0.1, 0.15) is 28.8 Å². The summed E-state index contributed by atoms with van der Waals surface area (Å²) in [6, 6.07) is 10.8. The van der Waals surface area contributed by atoms with Gasteiger partial charge in [0, 0.05) is 6.04 Å². The van der Waals surface area contributed by atoms with Crippen molar-refractivity contribution in [3.8, 4) is 5.75 Å². The minimum Gasteiger partial charge on any atom is -0.421 e.